The number of anilines is 1. The Bertz CT molecular complexity index is 1090. The van der Waals surface area contributed by atoms with E-state index < -0.39 is 10.0 Å². The zero-order valence-corrected chi connectivity index (χ0v) is 17.7. The molecule has 1 heterocycles. The standard InChI is InChI=1S/C21H19ClN2O3S2/c22-19-5-1-2-6-20(19)24-29(26,27)18-10-7-16(8-11-18)9-12-21(25)23-14-13-17-4-3-15-28-17/h1-12,15,24H,13-14H2,(H,23,25)/b12-9+. The fraction of sp³-hybridized carbons (Fsp3) is 0.0952. The number of carbonyl (C=O) groups is 1. The van der Waals surface area contributed by atoms with E-state index in [9.17, 15) is 13.2 Å². The Hall–Kier alpha value is -2.61. The average Bonchev–Trinajstić information content (AvgIpc) is 3.22. The summed E-state index contributed by atoms with van der Waals surface area (Å²) in [4.78, 5) is 13.2. The molecule has 0 saturated heterocycles. The summed E-state index contributed by atoms with van der Waals surface area (Å²) >= 11 is 7.66. The summed E-state index contributed by atoms with van der Waals surface area (Å²) in [5.41, 5.74) is 1.03. The quantitative estimate of drug-likeness (QED) is 0.497. The molecule has 29 heavy (non-hydrogen) atoms. The average molecular weight is 447 g/mol. The molecule has 1 aromatic heterocycles. The van der Waals surface area contributed by atoms with E-state index in [-0.39, 0.29) is 10.8 Å². The van der Waals surface area contributed by atoms with Crippen LogP contribution in [-0.2, 0) is 21.2 Å². The van der Waals surface area contributed by atoms with Gasteiger partial charge in [0.05, 0.1) is 15.6 Å². The van der Waals surface area contributed by atoms with Gasteiger partial charge >= 0.3 is 0 Å². The van der Waals surface area contributed by atoms with Crippen molar-refractivity contribution in [2.45, 2.75) is 11.3 Å². The molecule has 3 aromatic rings. The van der Waals surface area contributed by atoms with E-state index in [2.05, 4.69) is 10.0 Å². The molecule has 0 unspecified atom stereocenters. The minimum atomic E-state index is -3.75. The predicted molar refractivity (Wildman–Crippen MR) is 119 cm³/mol. The second-order valence-corrected chi connectivity index (χ2v) is 9.23. The first-order valence-corrected chi connectivity index (χ1v) is 11.5. The lowest BCUT2D eigenvalue weighted by molar-refractivity contribution is -0.116. The Labute approximate surface area is 179 Å². The van der Waals surface area contributed by atoms with Crippen molar-refractivity contribution in [3.8, 4) is 0 Å². The Balaban J connectivity index is 1.57. The Morgan fingerprint density at radius 2 is 1.79 bits per heavy atom. The van der Waals surface area contributed by atoms with Gasteiger partial charge in [0.15, 0.2) is 0 Å². The number of sulfonamides is 1. The van der Waals surface area contributed by atoms with E-state index in [1.165, 1.54) is 23.1 Å². The Kier molecular flexibility index (Phi) is 7.09. The lowest BCUT2D eigenvalue weighted by Gasteiger charge is -2.09. The minimum Gasteiger partial charge on any atom is -0.352 e. The normalized spacial score (nSPS) is 11.5. The zero-order valence-electron chi connectivity index (χ0n) is 15.3. The molecular weight excluding hydrogens is 428 g/mol. The second-order valence-electron chi connectivity index (χ2n) is 6.11. The first-order chi connectivity index (χ1) is 13.9. The van der Waals surface area contributed by atoms with Crippen molar-refractivity contribution in [3.63, 3.8) is 0 Å². The highest BCUT2D eigenvalue weighted by Gasteiger charge is 2.15. The highest BCUT2D eigenvalue weighted by molar-refractivity contribution is 7.92. The van der Waals surface area contributed by atoms with E-state index in [1.807, 2.05) is 17.5 Å². The first-order valence-electron chi connectivity index (χ1n) is 8.80. The number of para-hydroxylation sites is 1. The van der Waals surface area contributed by atoms with Crippen LogP contribution in [0, 0.1) is 0 Å². The van der Waals surface area contributed by atoms with E-state index in [1.54, 1.807) is 53.8 Å². The molecule has 0 spiro atoms. The van der Waals surface area contributed by atoms with Crippen LogP contribution >= 0.6 is 22.9 Å². The van der Waals surface area contributed by atoms with Crippen molar-refractivity contribution < 1.29 is 13.2 Å². The molecule has 2 aromatic carbocycles. The van der Waals surface area contributed by atoms with Gasteiger partial charge in [0, 0.05) is 17.5 Å². The molecule has 3 rings (SSSR count). The van der Waals surface area contributed by atoms with E-state index in [0.717, 1.165) is 12.0 Å². The zero-order chi connectivity index (χ0) is 20.7. The highest BCUT2D eigenvalue weighted by Crippen LogP contribution is 2.24. The van der Waals surface area contributed by atoms with Gasteiger partial charge in [0.25, 0.3) is 10.0 Å². The Morgan fingerprint density at radius 3 is 2.48 bits per heavy atom. The van der Waals surface area contributed by atoms with Crippen LogP contribution < -0.4 is 10.0 Å². The van der Waals surface area contributed by atoms with Crippen molar-refractivity contribution in [2.75, 3.05) is 11.3 Å². The van der Waals surface area contributed by atoms with Gasteiger partial charge in [-0.2, -0.15) is 0 Å². The maximum absolute atomic E-state index is 12.5. The van der Waals surface area contributed by atoms with E-state index in [4.69, 9.17) is 11.6 Å². The number of thiophene rings is 1. The van der Waals surface area contributed by atoms with E-state index in [0.29, 0.717) is 17.3 Å². The maximum atomic E-state index is 12.5. The van der Waals surface area contributed by atoms with Gasteiger partial charge in [-0.25, -0.2) is 8.42 Å². The van der Waals surface area contributed by atoms with Crippen LogP contribution in [0.2, 0.25) is 5.02 Å². The number of nitrogens with one attached hydrogen (secondary N) is 2. The molecule has 5 nitrogen and oxygen atoms in total. The van der Waals surface area contributed by atoms with Crippen molar-refractivity contribution in [1.82, 2.24) is 5.32 Å². The van der Waals surface area contributed by atoms with Crippen molar-refractivity contribution in [3.05, 3.63) is 87.6 Å². The van der Waals surface area contributed by atoms with Crippen LogP contribution in [0.4, 0.5) is 5.69 Å². The molecular formula is C21H19ClN2O3S2. The number of hydrogen-bond acceptors (Lipinski definition) is 4. The summed E-state index contributed by atoms with van der Waals surface area (Å²) in [6.07, 6.45) is 3.86. The first kappa shape index (κ1) is 21.1. The summed E-state index contributed by atoms with van der Waals surface area (Å²) in [5.74, 6) is -0.196. The van der Waals surface area contributed by atoms with Crippen LogP contribution in [0.25, 0.3) is 6.08 Å². The number of hydrogen-bond donors (Lipinski definition) is 2. The van der Waals surface area contributed by atoms with Gasteiger partial charge in [-0.1, -0.05) is 41.9 Å². The van der Waals surface area contributed by atoms with Crippen LogP contribution in [0.5, 0.6) is 0 Å². The smallest absolute Gasteiger partial charge is 0.261 e. The summed E-state index contributed by atoms with van der Waals surface area (Å²) in [6.45, 7) is 0.564. The van der Waals surface area contributed by atoms with Gasteiger partial charge in [0.1, 0.15) is 0 Å². The monoisotopic (exact) mass is 446 g/mol. The molecule has 8 heteroatoms. The molecule has 150 valence electrons. The fourth-order valence-corrected chi connectivity index (χ4v) is 4.53. The van der Waals surface area contributed by atoms with Crippen LogP contribution in [-0.4, -0.2) is 20.9 Å². The van der Waals surface area contributed by atoms with Crippen molar-refractivity contribution >= 4 is 50.6 Å². The molecule has 2 N–H and O–H groups in total. The molecule has 0 aliphatic heterocycles. The summed E-state index contributed by atoms with van der Waals surface area (Å²) in [5, 5.41) is 5.15. The minimum absolute atomic E-state index is 0.106. The molecule has 0 fully saturated rings. The number of benzene rings is 2. The fourth-order valence-electron chi connectivity index (χ4n) is 2.50. The third kappa shape index (κ3) is 6.19. The van der Waals surface area contributed by atoms with Gasteiger partial charge in [0.2, 0.25) is 5.91 Å². The number of carbonyl (C=O) groups excluding carboxylic acids is 1. The Morgan fingerprint density at radius 1 is 1.03 bits per heavy atom. The van der Waals surface area contributed by atoms with Crippen LogP contribution in [0.1, 0.15) is 10.4 Å². The maximum Gasteiger partial charge on any atom is 0.261 e. The molecule has 1 amide bonds. The summed E-state index contributed by atoms with van der Waals surface area (Å²) in [6, 6.07) is 16.9. The third-order valence-electron chi connectivity index (χ3n) is 3.99. The second kappa shape index (κ2) is 9.73. The number of halogens is 1. The molecule has 0 atom stereocenters. The summed E-state index contributed by atoms with van der Waals surface area (Å²) < 4.78 is 27.5. The van der Waals surface area contributed by atoms with Gasteiger partial charge in [-0.05, 0) is 53.8 Å². The van der Waals surface area contributed by atoms with Crippen LogP contribution in [0.3, 0.4) is 0 Å². The number of rotatable bonds is 8. The lowest BCUT2D eigenvalue weighted by atomic mass is 10.2. The molecule has 0 aliphatic carbocycles. The van der Waals surface area contributed by atoms with Gasteiger partial charge in [-0.3, -0.25) is 9.52 Å². The van der Waals surface area contributed by atoms with Crippen molar-refractivity contribution in [2.24, 2.45) is 0 Å². The molecule has 0 bridgehead atoms. The lowest BCUT2D eigenvalue weighted by Crippen LogP contribution is -2.23. The third-order valence-corrected chi connectivity index (χ3v) is 6.63. The SMILES string of the molecule is O=C(/C=C/c1ccc(S(=O)(=O)Nc2ccccc2Cl)cc1)NCCc1cccs1. The van der Waals surface area contributed by atoms with E-state index >= 15 is 0 Å². The van der Waals surface area contributed by atoms with Gasteiger partial charge in [-0.15, -0.1) is 11.3 Å². The predicted octanol–water partition coefficient (Wildman–Crippen LogP) is 4.57. The topological polar surface area (TPSA) is 75.3 Å². The van der Waals surface area contributed by atoms with Crippen LogP contribution in [0.15, 0.2) is 77.0 Å². The molecule has 0 radical (unpaired) electrons. The molecule has 0 aliphatic rings. The molecule has 0 saturated carbocycles. The van der Waals surface area contributed by atoms with Gasteiger partial charge < -0.3 is 5.32 Å². The van der Waals surface area contributed by atoms with Crippen molar-refractivity contribution in [1.29, 1.82) is 0 Å². The number of amides is 1. The highest BCUT2D eigenvalue weighted by atomic mass is 35.5. The summed E-state index contributed by atoms with van der Waals surface area (Å²) in [7, 11) is -3.75. The largest absolute Gasteiger partial charge is 0.352 e.